The fourth-order valence-electron chi connectivity index (χ4n) is 4.21. The van der Waals surface area contributed by atoms with E-state index in [1.165, 1.54) is 12.8 Å². The van der Waals surface area contributed by atoms with Gasteiger partial charge in [0.1, 0.15) is 5.82 Å². The second-order valence-electron chi connectivity index (χ2n) is 7.68. The quantitative estimate of drug-likeness (QED) is 0.890. The first-order chi connectivity index (χ1) is 12.2. The van der Waals surface area contributed by atoms with E-state index in [1.807, 2.05) is 12.4 Å². The third-order valence-electron chi connectivity index (χ3n) is 5.91. The van der Waals surface area contributed by atoms with Crippen LogP contribution in [0.5, 0.6) is 0 Å². The molecule has 3 fully saturated rings. The van der Waals surface area contributed by atoms with Gasteiger partial charge in [-0.15, -0.1) is 0 Å². The molecule has 4 rings (SSSR count). The van der Waals surface area contributed by atoms with Crippen LogP contribution in [0.15, 0.2) is 12.4 Å². The first-order valence-corrected chi connectivity index (χ1v) is 9.84. The third kappa shape index (κ3) is 3.78. The van der Waals surface area contributed by atoms with Crippen LogP contribution in [0.2, 0.25) is 0 Å². The first-order valence-electron chi connectivity index (χ1n) is 9.84. The van der Waals surface area contributed by atoms with E-state index in [4.69, 9.17) is 0 Å². The summed E-state index contributed by atoms with van der Waals surface area (Å²) < 4.78 is 0. The molecule has 2 bridgehead atoms. The smallest absolute Gasteiger partial charge is 0.317 e. The van der Waals surface area contributed by atoms with E-state index in [0.29, 0.717) is 24.5 Å². The summed E-state index contributed by atoms with van der Waals surface area (Å²) >= 11 is 0. The van der Waals surface area contributed by atoms with Crippen LogP contribution in [0, 0.1) is 0 Å². The van der Waals surface area contributed by atoms with Gasteiger partial charge in [-0.05, 0) is 50.6 Å². The minimum absolute atomic E-state index is 0.112. The van der Waals surface area contributed by atoms with E-state index in [2.05, 4.69) is 32.0 Å². The predicted octanol–water partition coefficient (Wildman–Crippen LogP) is 2.16. The lowest BCUT2D eigenvalue weighted by Gasteiger charge is -2.29. The maximum absolute atomic E-state index is 12.7. The van der Waals surface area contributed by atoms with Gasteiger partial charge in [0.05, 0.1) is 0 Å². The van der Waals surface area contributed by atoms with Gasteiger partial charge in [-0.25, -0.2) is 14.8 Å². The van der Waals surface area contributed by atoms with Gasteiger partial charge in [-0.2, -0.15) is 0 Å². The van der Waals surface area contributed by atoms with E-state index >= 15 is 0 Å². The first kappa shape index (κ1) is 16.8. The lowest BCUT2D eigenvalue weighted by molar-refractivity contribution is 0.171. The molecule has 25 heavy (non-hydrogen) atoms. The Morgan fingerprint density at radius 1 is 1.16 bits per heavy atom. The molecule has 1 N–H and O–H groups in total. The Balaban J connectivity index is 1.28. The zero-order chi connectivity index (χ0) is 17.2. The topological polar surface area (TPSA) is 61.4 Å². The summed E-state index contributed by atoms with van der Waals surface area (Å²) in [5.74, 6) is 1.57. The molecule has 0 aromatic carbocycles. The monoisotopic (exact) mass is 343 g/mol. The van der Waals surface area contributed by atoms with Crippen LogP contribution in [0.1, 0.15) is 56.3 Å². The molecule has 2 unspecified atom stereocenters. The SMILES string of the molecule is CCN1CCC2CCC(C1)N2C(=O)NCCc1cnc(C2CC2)nc1. The molecular formula is C19H29N5O. The molecule has 1 saturated carbocycles. The van der Waals surface area contributed by atoms with Crippen LogP contribution in [-0.2, 0) is 6.42 Å². The minimum atomic E-state index is 0.112. The van der Waals surface area contributed by atoms with Crippen molar-refractivity contribution in [1.82, 2.24) is 25.1 Å². The average Bonchev–Trinajstić information content (AvgIpc) is 3.40. The molecule has 3 heterocycles. The lowest BCUT2D eigenvalue weighted by Crippen LogP contribution is -2.48. The van der Waals surface area contributed by atoms with Gasteiger partial charge in [-0.3, -0.25) is 0 Å². The van der Waals surface area contributed by atoms with Crippen LogP contribution in [-0.4, -0.2) is 64.1 Å². The van der Waals surface area contributed by atoms with E-state index in [1.54, 1.807) is 0 Å². The van der Waals surface area contributed by atoms with Crippen molar-refractivity contribution in [3.8, 4) is 0 Å². The van der Waals surface area contributed by atoms with Crippen molar-refractivity contribution in [2.45, 2.75) is 63.5 Å². The molecule has 3 aliphatic rings. The van der Waals surface area contributed by atoms with Crippen molar-refractivity contribution in [1.29, 1.82) is 0 Å². The summed E-state index contributed by atoms with van der Waals surface area (Å²) in [5.41, 5.74) is 1.10. The summed E-state index contributed by atoms with van der Waals surface area (Å²) in [4.78, 5) is 26.2. The van der Waals surface area contributed by atoms with Crippen molar-refractivity contribution in [2.75, 3.05) is 26.2 Å². The zero-order valence-corrected chi connectivity index (χ0v) is 15.2. The Bertz CT molecular complexity index is 600. The molecule has 0 spiro atoms. The largest absolute Gasteiger partial charge is 0.338 e. The van der Waals surface area contributed by atoms with Crippen molar-refractivity contribution in [3.05, 3.63) is 23.8 Å². The van der Waals surface area contributed by atoms with Crippen molar-refractivity contribution < 1.29 is 4.79 Å². The number of urea groups is 1. The summed E-state index contributed by atoms with van der Waals surface area (Å²) in [6.07, 6.45) is 10.5. The van der Waals surface area contributed by atoms with Gasteiger partial charge in [0.25, 0.3) is 0 Å². The molecule has 2 amide bonds. The number of hydrogen-bond acceptors (Lipinski definition) is 4. The standard InChI is InChI=1S/C19H29N5O/c1-2-23-10-8-16-5-6-17(13-23)24(16)19(25)20-9-7-14-11-21-18(22-12-14)15-3-4-15/h11-12,15-17H,2-10,13H2,1H3,(H,20,25). The molecule has 1 aromatic heterocycles. The highest BCUT2D eigenvalue weighted by Crippen LogP contribution is 2.37. The lowest BCUT2D eigenvalue weighted by atomic mass is 10.1. The number of nitrogens with one attached hydrogen (secondary N) is 1. The van der Waals surface area contributed by atoms with Crippen LogP contribution in [0.4, 0.5) is 4.79 Å². The van der Waals surface area contributed by atoms with Gasteiger partial charge >= 0.3 is 6.03 Å². The van der Waals surface area contributed by atoms with Crippen LogP contribution in [0.3, 0.4) is 0 Å². The molecule has 2 aliphatic heterocycles. The summed E-state index contributed by atoms with van der Waals surface area (Å²) in [7, 11) is 0. The molecule has 6 heteroatoms. The van der Waals surface area contributed by atoms with Crippen LogP contribution in [0.25, 0.3) is 0 Å². The fraction of sp³-hybridized carbons (Fsp3) is 0.737. The Labute approximate surface area is 150 Å². The number of likely N-dealkylation sites (N-methyl/N-ethyl adjacent to an activating group) is 1. The highest BCUT2D eigenvalue weighted by Gasteiger charge is 2.39. The van der Waals surface area contributed by atoms with Gasteiger partial charge in [-0.1, -0.05) is 6.92 Å². The number of carbonyl (C=O) groups excluding carboxylic acids is 1. The van der Waals surface area contributed by atoms with Gasteiger partial charge in [0.2, 0.25) is 0 Å². The summed E-state index contributed by atoms with van der Waals surface area (Å²) in [6, 6.07) is 0.914. The van der Waals surface area contributed by atoms with Crippen molar-refractivity contribution >= 4 is 6.03 Å². The van der Waals surface area contributed by atoms with Gasteiger partial charge in [0, 0.05) is 50.0 Å². The van der Waals surface area contributed by atoms with Crippen LogP contribution >= 0.6 is 0 Å². The van der Waals surface area contributed by atoms with E-state index in [0.717, 1.165) is 56.7 Å². The maximum atomic E-state index is 12.7. The van der Waals surface area contributed by atoms with Gasteiger partial charge in [0.15, 0.2) is 0 Å². The maximum Gasteiger partial charge on any atom is 0.317 e. The minimum Gasteiger partial charge on any atom is -0.338 e. The Kier molecular flexibility index (Phi) is 4.88. The van der Waals surface area contributed by atoms with E-state index in [9.17, 15) is 4.79 Å². The molecule has 2 saturated heterocycles. The normalized spacial score (nSPS) is 26.5. The second-order valence-corrected chi connectivity index (χ2v) is 7.68. The fourth-order valence-corrected chi connectivity index (χ4v) is 4.21. The van der Waals surface area contributed by atoms with Crippen molar-refractivity contribution in [2.24, 2.45) is 0 Å². The summed E-state index contributed by atoms with van der Waals surface area (Å²) in [5, 5.41) is 3.12. The molecule has 1 aromatic rings. The number of fused-ring (bicyclic) bond motifs is 2. The van der Waals surface area contributed by atoms with Crippen LogP contribution < -0.4 is 5.32 Å². The average molecular weight is 343 g/mol. The number of carbonyl (C=O) groups is 1. The van der Waals surface area contributed by atoms with Crippen molar-refractivity contribution in [3.63, 3.8) is 0 Å². The summed E-state index contributed by atoms with van der Waals surface area (Å²) in [6.45, 7) is 6.08. The Hall–Kier alpha value is -1.69. The number of aromatic nitrogens is 2. The van der Waals surface area contributed by atoms with E-state index < -0.39 is 0 Å². The third-order valence-corrected chi connectivity index (χ3v) is 5.91. The Morgan fingerprint density at radius 3 is 2.64 bits per heavy atom. The highest BCUT2D eigenvalue weighted by molar-refractivity contribution is 5.75. The molecule has 1 aliphatic carbocycles. The Morgan fingerprint density at radius 2 is 1.92 bits per heavy atom. The number of amides is 2. The molecule has 6 nitrogen and oxygen atoms in total. The van der Waals surface area contributed by atoms with Gasteiger partial charge < -0.3 is 15.1 Å². The molecule has 136 valence electrons. The highest BCUT2D eigenvalue weighted by atomic mass is 16.2. The zero-order valence-electron chi connectivity index (χ0n) is 15.2. The second kappa shape index (κ2) is 7.28. The predicted molar refractivity (Wildman–Crippen MR) is 96.5 cm³/mol. The molecule has 2 atom stereocenters. The number of likely N-dealkylation sites (tertiary alicyclic amines) is 1. The number of hydrogen-bond donors (Lipinski definition) is 1. The molecular weight excluding hydrogens is 314 g/mol. The number of nitrogens with zero attached hydrogens (tertiary/aromatic N) is 4. The van der Waals surface area contributed by atoms with E-state index in [-0.39, 0.29) is 6.03 Å². The number of rotatable bonds is 5. The molecule has 0 radical (unpaired) electrons.